The number of aromatic nitrogens is 4. The van der Waals surface area contributed by atoms with Crippen LogP contribution in [-0.2, 0) is 0 Å². The van der Waals surface area contributed by atoms with Crippen molar-refractivity contribution in [2.45, 2.75) is 13.8 Å². The summed E-state index contributed by atoms with van der Waals surface area (Å²) in [6.45, 7) is 3.51. The molecule has 0 unspecified atom stereocenters. The van der Waals surface area contributed by atoms with E-state index in [0.717, 1.165) is 0 Å². The van der Waals surface area contributed by atoms with Gasteiger partial charge in [-0.2, -0.15) is 5.10 Å². The number of nitrogens with one attached hydrogen (secondary N) is 1. The first-order valence-corrected chi connectivity index (χ1v) is 7.41. The van der Waals surface area contributed by atoms with E-state index in [4.69, 9.17) is 0 Å². The molecule has 0 bridgehead atoms. The fourth-order valence-electron chi connectivity index (χ4n) is 2.46. The van der Waals surface area contributed by atoms with Gasteiger partial charge in [-0.3, -0.25) is 20.2 Å². The number of aryl methyl sites for hydroxylation is 2. The maximum absolute atomic E-state index is 11.6. The molecular formula is C15H13N7O4. The smallest absolute Gasteiger partial charge is 0.334 e. The van der Waals surface area contributed by atoms with Crippen LogP contribution in [0.15, 0.2) is 36.7 Å². The van der Waals surface area contributed by atoms with Crippen molar-refractivity contribution in [1.82, 2.24) is 19.7 Å². The third kappa shape index (κ3) is 3.17. The quantitative estimate of drug-likeness (QED) is 0.544. The predicted octanol–water partition coefficient (Wildman–Crippen LogP) is 2.84. The SMILES string of the molecule is Cc1cc(C)n(-c2ncnc(Nc3cccc([N+](=O)[O-])c3)c2[N+](=O)[O-])n1. The highest BCUT2D eigenvalue weighted by Crippen LogP contribution is 2.31. The number of hydrogen-bond donors (Lipinski definition) is 1. The normalized spacial score (nSPS) is 10.5. The van der Waals surface area contributed by atoms with Gasteiger partial charge in [0, 0.05) is 23.5 Å². The summed E-state index contributed by atoms with van der Waals surface area (Å²) in [7, 11) is 0. The van der Waals surface area contributed by atoms with Crippen molar-refractivity contribution < 1.29 is 9.85 Å². The van der Waals surface area contributed by atoms with Gasteiger partial charge >= 0.3 is 5.69 Å². The standard InChI is InChI=1S/C15H13N7O4/c1-9-6-10(2)20(19-9)15-13(22(25)26)14(16-8-17-15)18-11-4-3-5-12(7-11)21(23)24/h3-8H,1-2H3,(H,16,17,18). The summed E-state index contributed by atoms with van der Waals surface area (Å²) in [6, 6.07) is 7.35. The van der Waals surface area contributed by atoms with Crippen LogP contribution in [-0.4, -0.2) is 29.6 Å². The molecule has 0 spiro atoms. The van der Waals surface area contributed by atoms with Crippen molar-refractivity contribution in [3.05, 3.63) is 68.3 Å². The third-order valence-corrected chi connectivity index (χ3v) is 3.52. The van der Waals surface area contributed by atoms with Gasteiger partial charge in [-0.15, -0.1) is 0 Å². The van der Waals surface area contributed by atoms with E-state index in [-0.39, 0.29) is 23.0 Å². The van der Waals surface area contributed by atoms with Gasteiger partial charge in [-0.25, -0.2) is 14.6 Å². The monoisotopic (exact) mass is 355 g/mol. The lowest BCUT2D eigenvalue weighted by atomic mass is 10.2. The molecule has 0 aliphatic carbocycles. The number of nitro groups is 2. The minimum absolute atomic E-state index is 0.00327. The minimum Gasteiger partial charge on any atom is -0.334 e. The highest BCUT2D eigenvalue weighted by Gasteiger charge is 2.26. The number of rotatable bonds is 5. The summed E-state index contributed by atoms with van der Waals surface area (Å²) in [6.07, 6.45) is 1.17. The van der Waals surface area contributed by atoms with Crippen LogP contribution in [0, 0.1) is 34.1 Å². The zero-order chi connectivity index (χ0) is 18.8. The molecule has 0 atom stereocenters. The Kier molecular flexibility index (Phi) is 4.27. The summed E-state index contributed by atoms with van der Waals surface area (Å²) < 4.78 is 1.35. The van der Waals surface area contributed by atoms with Crippen molar-refractivity contribution in [3.63, 3.8) is 0 Å². The van der Waals surface area contributed by atoms with Crippen molar-refractivity contribution in [2.24, 2.45) is 0 Å². The van der Waals surface area contributed by atoms with Crippen molar-refractivity contribution in [1.29, 1.82) is 0 Å². The van der Waals surface area contributed by atoms with Crippen LogP contribution in [0.1, 0.15) is 11.4 Å². The Labute approximate surface area is 146 Å². The van der Waals surface area contributed by atoms with Crippen LogP contribution in [0.4, 0.5) is 22.9 Å². The second-order valence-corrected chi connectivity index (χ2v) is 5.42. The number of nitro benzene ring substituents is 1. The van der Waals surface area contributed by atoms with Crippen molar-refractivity contribution in [2.75, 3.05) is 5.32 Å². The van der Waals surface area contributed by atoms with Gasteiger partial charge < -0.3 is 5.32 Å². The second-order valence-electron chi connectivity index (χ2n) is 5.42. The fourth-order valence-corrected chi connectivity index (χ4v) is 2.46. The van der Waals surface area contributed by atoms with E-state index < -0.39 is 9.85 Å². The topological polar surface area (TPSA) is 142 Å². The zero-order valence-corrected chi connectivity index (χ0v) is 13.8. The number of anilines is 2. The van der Waals surface area contributed by atoms with E-state index >= 15 is 0 Å². The fraction of sp³-hybridized carbons (Fsp3) is 0.133. The Balaban J connectivity index is 2.10. The highest BCUT2D eigenvalue weighted by molar-refractivity contribution is 5.71. The molecule has 2 heterocycles. The molecule has 1 aromatic carbocycles. The summed E-state index contributed by atoms with van der Waals surface area (Å²) >= 11 is 0. The van der Waals surface area contributed by atoms with E-state index in [2.05, 4.69) is 20.4 Å². The van der Waals surface area contributed by atoms with Gasteiger partial charge in [0.1, 0.15) is 6.33 Å². The molecule has 0 aliphatic heterocycles. The molecule has 3 aromatic rings. The van der Waals surface area contributed by atoms with Gasteiger partial charge in [0.15, 0.2) is 0 Å². The Morgan fingerprint density at radius 2 is 1.85 bits per heavy atom. The largest absolute Gasteiger partial charge is 0.355 e. The Hall–Kier alpha value is -3.89. The summed E-state index contributed by atoms with van der Waals surface area (Å²) in [5.41, 5.74) is 1.12. The lowest BCUT2D eigenvalue weighted by molar-refractivity contribution is -0.384. The average Bonchev–Trinajstić information content (AvgIpc) is 2.93. The van der Waals surface area contributed by atoms with Crippen molar-refractivity contribution >= 4 is 22.9 Å². The predicted molar refractivity (Wildman–Crippen MR) is 91.7 cm³/mol. The molecular weight excluding hydrogens is 342 g/mol. The van der Waals surface area contributed by atoms with Crippen molar-refractivity contribution in [3.8, 4) is 5.82 Å². The number of benzene rings is 1. The molecule has 0 amide bonds. The molecule has 0 saturated heterocycles. The van der Waals surface area contributed by atoms with Gasteiger partial charge in [0.05, 0.1) is 15.5 Å². The number of nitrogens with zero attached hydrogens (tertiary/aromatic N) is 6. The number of hydrogen-bond acceptors (Lipinski definition) is 8. The molecule has 0 fully saturated rings. The molecule has 11 heteroatoms. The van der Waals surface area contributed by atoms with E-state index in [1.165, 1.54) is 29.2 Å². The van der Waals surface area contributed by atoms with Crippen LogP contribution in [0.2, 0.25) is 0 Å². The maximum atomic E-state index is 11.6. The Bertz CT molecular complexity index is 1010. The van der Waals surface area contributed by atoms with E-state index in [0.29, 0.717) is 17.1 Å². The molecule has 26 heavy (non-hydrogen) atoms. The van der Waals surface area contributed by atoms with Gasteiger partial charge in [0.2, 0.25) is 11.6 Å². The first-order chi connectivity index (χ1) is 12.4. The molecule has 11 nitrogen and oxygen atoms in total. The average molecular weight is 355 g/mol. The van der Waals surface area contributed by atoms with Gasteiger partial charge in [-0.1, -0.05) is 6.07 Å². The Morgan fingerprint density at radius 3 is 2.46 bits per heavy atom. The van der Waals surface area contributed by atoms with E-state index in [1.807, 2.05) is 0 Å². The van der Waals surface area contributed by atoms with Crippen LogP contribution in [0.25, 0.3) is 5.82 Å². The molecule has 0 radical (unpaired) electrons. The third-order valence-electron chi connectivity index (χ3n) is 3.52. The summed E-state index contributed by atoms with van der Waals surface area (Å²) in [5.74, 6) is -0.0865. The highest BCUT2D eigenvalue weighted by atomic mass is 16.6. The lowest BCUT2D eigenvalue weighted by Gasteiger charge is -2.09. The first kappa shape index (κ1) is 17.0. The Morgan fingerprint density at radius 1 is 1.08 bits per heavy atom. The lowest BCUT2D eigenvalue weighted by Crippen LogP contribution is -2.09. The van der Waals surface area contributed by atoms with E-state index in [1.54, 1.807) is 26.0 Å². The summed E-state index contributed by atoms with van der Waals surface area (Å²) in [5, 5.41) is 29.5. The minimum atomic E-state index is -0.620. The number of non-ortho nitro benzene ring substituents is 1. The molecule has 132 valence electrons. The second kappa shape index (κ2) is 6.55. The van der Waals surface area contributed by atoms with Crippen LogP contribution in [0.3, 0.4) is 0 Å². The molecule has 3 rings (SSSR count). The van der Waals surface area contributed by atoms with Gasteiger partial charge in [-0.05, 0) is 26.0 Å². The molecule has 0 aliphatic rings. The molecule has 1 N–H and O–H groups in total. The first-order valence-electron chi connectivity index (χ1n) is 7.41. The maximum Gasteiger partial charge on any atom is 0.355 e. The molecule has 2 aromatic heterocycles. The zero-order valence-electron chi connectivity index (χ0n) is 13.8. The van der Waals surface area contributed by atoms with Crippen LogP contribution in [0.5, 0.6) is 0 Å². The van der Waals surface area contributed by atoms with Crippen LogP contribution >= 0.6 is 0 Å². The molecule has 0 saturated carbocycles. The van der Waals surface area contributed by atoms with Gasteiger partial charge in [0.25, 0.3) is 5.69 Å². The summed E-state index contributed by atoms with van der Waals surface area (Å²) in [4.78, 5) is 29.3. The van der Waals surface area contributed by atoms with Crippen LogP contribution < -0.4 is 5.32 Å². The van der Waals surface area contributed by atoms with E-state index in [9.17, 15) is 20.2 Å².